The first-order valence-corrected chi connectivity index (χ1v) is 8.74. The van der Waals surface area contributed by atoms with Gasteiger partial charge in [0.2, 0.25) is 0 Å². The highest BCUT2D eigenvalue weighted by atomic mass is 35.5. The van der Waals surface area contributed by atoms with Crippen molar-refractivity contribution in [2.45, 2.75) is 26.7 Å². The second kappa shape index (κ2) is 9.23. The summed E-state index contributed by atoms with van der Waals surface area (Å²) < 4.78 is 11.4. The van der Waals surface area contributed by atoms with Crippen LogP contribution in [0.2, 0.25) is 5.02 Å². The SMILES string of the molecule is CCOCC1=C(COCCN)NC(C)=C(C)C1c1ccccc1Cl. The van der Waals surface area contributed by atoms with Gasteiger partial charge in [0.15, 0.2) is 0 Å². The number of rotatable bonds is 8. The highest BCUT2D eigenvalue weighted by Gasteiger charge is 2.29. The first-order valence-electron chi connectivity index (χ1n) is 8.36. The van der Waals surface area contributed by atoms with E-state index in [2.05, 4.69) is 25.2 Å². The minimum Gasteiger partial charge on any atom is -0.377 e. The van der Waals surface area contributed by atoms with Gasteiger partial charge in [-0.1, -0.05) is 29.8 Å². The molecule has 1 unspecified atom stereocenters. The summed E-state index contributed by atoms with van der Waals surface area (Å²) in [5, 5.41) is 4.24. The number of dihydropyridines is 1. The van der Waals surface area contributed by atoms with Crippen LogP contribution in [0.5, 0.6) is 0 Å². The molecule has 5 heteroatoms. The van der Waals surface area contributed by atoms with Crippen molar-refractivity contribution in [3.05, 3.63) is 57.4 Å². The van der Waals surface area contributed by atoms with Gasteiger partial charge in [-0.3, -0.25) is 0 Å². The van der Waals surface area contributed by atoms with Gasteiger partial charge in [0.05, 0.1) is 19.8 Å². The number of benzene rings is 1. The summed E-state index contributed by atoms with van der Waals surface area (Å²) in [4.78, 5) is 0. The molecule has 24 heavy (non-hydrogen) atoms. The average molecular weight is 351 g/mol. The van der Waals surface area contributed by atoms with E-state index in [4.69, 9.17) is 26.8 Å². The van der Waals surface area contributed by atoms with Crippen LogP contribution in [0.25, 0.3) is 0 Å². The summed E-state index contributed by atoms with van der Waals surface area (Å²) in [6, 6.07) is 7.99. The van der Waals surface area contributed by atoms with E-state index in [1.54, 1.807) is 0 Å². The third-order valence-corrected chi connectivity index (χ3v) is 4.63. The Bertz CT molecular complexity index is 626. The first kappa shape index (κ1) is 19.0. The van der Waals surface area contributed by atoms with Crippen molar-refractivity contribution >= 4 is 11.6 Å². The van der Waals surface area contributed by atoms with Crippen molar-refractivity contribution in [3.63, 3.8) is 0 Å². The third kappa shape index (κ3) is 4.39. The smallest absolute Gasteiger partial charge is 0.0867 e. The van der Waals surface area contributed by atoms with Gasteiger partial charge in [-0.15, -0.1) is 0 Å². The van der Waals surface area contributed by atoms with E-state index in [1.165, 1.54) is 11.1 Å². The van der Waals surface area contributed by atoms with Gasteiger partial charge in [0, 0.05) is 35.5 Å². The van der Waals surface area contributed by atoms with E-state index in [0.717, 1.165) is 22.0 Å². The summed E-state index contributed by atoms with van der Waals surface area (Å²) in [6.07, 6.45) is 0. The van der Waals surface area contributed by atoms with Crippen LogP contribution < -0.4 is 11.1 Å². The first-order chi connectivity index (χ1) is 11.6. The lowest BCUT2D eigenvalue weighted by molar-refractivity contribution is 0.149. The van der Waals surface area contributed by atoms with Crippen molar-refractivity contribution in [2.24, 2.45) is 5.73 Å². The van der Waals surface area contributed by atoms with Crippen LogP contribution in [-0.2, 0) is 9.47 Å². The summed E-state index contributed by atoms with van der Waals surface area (Å²) in [6.45, 7) is 8.97. The van der Waals surface area contributed by atoms with E-state index >= 15 is 0 Å². The Labute approximate surface area is 149 Å². The predicted molar refractivity (Wildman–Crippen MR) is 99.1 cm³/mol. The molecule has 0 aromatic heterocycles. The molecule has 1 aromatic carbocycles. The van der Waals surface area contributed by atoms with Crippen molar-refractivity contribution in [1.82, 2.24) is 5.32 Å². The van der Waals surface area contributed by atoms with Gasteiger partial charge < -0.3 is 20.5 Å². The largest absolute Gasteiger partial charge is 0.377 e. The van der Waals surface area contributed by atoms with Crippen LogP contribution in [0.15, 0.2) is 46.8 Å². The van der Waals surface area contributed by atoms with Gasteiger partial charge in [-0.2, -0.15) is 0 Å². The fourth-order valence-corrected chi connectivity index (χ4v) is 3.20. The van der Waals surface area contributed by atoms with Gasteiger partial charge >= 0.3 is 0 Å². The molecule has 2 rings (SSSR count). The van der Waals surface area contributed by atoms with Crippen LogP contribution in [-0.4, -0.2) is 33.0 Å². The lowest BCUT2D eigenvalue weighted by atomic mass is 9.81. The predicted octanol–water partition coefficient (Wildman–Crippen LogP) is 3.59. The maximum Gasteiger partial charge on any atom is 0.0867 e. The fraction of sp³-hybridized carbons (Fsp3) is 0.474. The van der Waals surface area contributed by atoms with E-state index in [0.29, 0.717) is 33.0 Å². The highest BCUT2D eigenvalue weighted by Crippen LogP contribution is 2.40. The molecular weight excluding hydrogens is 324 g/mol. The van der Waals surface area contributed by atoms with Crippen LogP contribution in [0.1, 0.15) is 32.3 Å². The molecule has 0 spiro atoms. The van der Waals surface area contributed by atoms with E-state index in [-0.39, 0.29) is 5.92 Å². The molecule has 1 aliphatic rings. The summed E-state index contributed by atoms with van der Waals surface area (Å²) in [5.74, 6) is 0.1000. The molecule has 0 fully saturated rings. The normalized spacial score (nSPS) is 18.1. The molecule has 1 aromatic rings. The molecule has 0 radical (unpaired) electrons. The standard InChI is InChI=1S/C19H27ClN2O2/c1-4-23-11-16-18(12-24-10-9-21)22-14(3)13(2)19(16)15-7-5-6-8-17(15)20/h5-8,19,22H,4,9-12,21H2,1-3H3. The topological polar surface area (TPSA) is 56.5 Å². The molecule has 0 saturated carbocycles. The Hall–Kier alpha value is -1.33. The Morgan fingerprint density at radius 3 is 2.58 bits per heavy atom. The van der Waals surface area contributed by atoms with E-state index < -0.39 is 0 Å². The van der Waals surface area contributed by atoms with Crippen LogP contribution in [0.4, 0.5) is 0 Å². The maximum absolute atomic E-state index is 6.49. The molecule has 132 valence electrons. The Kier molecular flexibility index (Phi) is 7.31. The van der Waals surface area contributed by atoms with Gasteiger partial charge in [0.25, 0.3) is 0 Å². The number of hydrogen-bond acceptors (Lipinski definition) is 4. The quantitative estimate of drug-likeness (QED) is 0.703. The second-order valence-electron chi connectivity index (χ2n) is 5.87. The van der Waals surface area contributed by atoms with Gasteiger partial charge in [-0.25, -0.2) is 0 Å². The van der Waals surface area contributed by atoms with Crippen molar-refractivity contribution in [1.29, 1.82) is 0 Å². The zero-order valence-corrected chi connectivity index (χ0v) is 15.5. The van der Waals surface area contributed by atoms with Crippen LogP contribution >= 0.6 is 11.6 Å². The molecule has 0 saturated heterocycles. The lowest BCUT2D eigenvalue weighted by Crippen LogP contribution is -2.30. The highest BCUT2D eigenvalue weighted by molar-refractivity contribution is 6.31. The number of nitrogens with one attached hydrogen (secondary N) is 1. The molecular formula is C19H27ClN2O2. The fourth-order valence-electron chi connectivity index (χ4n) is 2.96. The zero-order valence-electron chi connectivity index (χ0n) is 14.7. The number of ether oxygens (including phenoxy) is 2. The molecule has 3 N–H and O–H groups in total. The summed E-state index contributed by atoms with van der Waals surface area (Å²) in [7, 11) is 0. The second-order valence-corrected chi connectivity index (χ2v) is 6.28. The molecule has 0 amide bonds. The Morgan fingerprint density at radius 2 is 1.92 bits per heavy atom. The molecule has 4 nitrogen and oxygen atoms in total. The van der Waals surface area contributed by atoms with E-state index in [9.17, 15) is 0 Å². The molecule has 1 heterocycles. The molecule has 1 aliphatic heterocycles. The minimum absolute atomic E-state index is 0.1000. The Balaban J connectivity index is 2.43. The maximum atomic E-state index is 6.49. The minimum atomic E-state index is 0.1000. The molecule has 1 atom stereocenters. The van der Waals surface area contributed by atoms with Crippen molar-refractivity contribution < 1.29 is 9.47 Å². The van der Waals surface area contributed by atoms with Gasteiger partial charge in [-0.05, 0) is 43.5 Å². The molecule has 0 bridgehead atoms. The third-order valence-electron chi connectivity index (χ3n) is 4.29. The number of hydrogen-bond donors (Lipinski definition) is 2. The number of nitrogens with two attached hydrogens (primary N) is 1. The van der Waals surface area contributed by atoms with Crippen molar-refractivity contribution in [2.75, 3.05) is 33.0 Å². The Morgan fingerprint density at radius 1 is 1.17 bits per heavy atom. The lowest BCUT2D eigenvalue weighted by Gasteiger charge is -2.33. The summed E-state index contributed by atoms with van der Waals surface area (Å²) >= 11 is 6.49. The monoisotopic (exact) mass is 350 g/mol. The molecule has 0 aliphatic carbocycles. The van der Waals surface area contributed by atoms with Crippen LogP contribution in [0, 0.1) is 0 Å². The number of halogens is 1. The van der Waals surface area contributed by atoms with E-state index in [1.807, 2.05) is 25.1 Å². The summed E-state index contributed by atoms with van der Waals surface area (Å²) in [5.41, 5.74) is 11.2. The average Bonchev–Trinajstić information content (AvgIpc) is 2.57. The zero-order chi connectivity index (χ0) is 17.5. The van der Waals surface area contributed by atoms with Crippen LogP contribution in [0.3, 0.4) is 0 Å². The van der Waals surface area contributed by atoms with Crippen molar-refractivity contribution in [3.8, 4) is 0 Å². The van der Waals surface area contributed by atoms with Gasteiger partial charge in [0.1, 0.15) is 0 Å². The number of allylic oxidation sites excluding steroid dienone is 2.